The molecule has 1 aliphatic rings. The summed E-state index contributed by atoms with van der Waals surface area (Å²) in [7, 11) is 0. The fourth-order valence-electron chi connectivity index (χ4n) is 4.58. The molecule has 0 bridgehead atoms. The summed E-state index contributed by atoms with van der Waals surface area (Å²) in [6, 6.07) is 6.13. The van der Waals surface area contributed by atoms with Crippen molar-refractivity contribution in [2.24, 2.45) is 0 Å². The Morgan fingerprint density at radius 3 is 1.08 bits per heavy atom. The van der Waals surface area contributed by atoms with E-state index < -0.39 is 125 Å². The number of nitriles is 6. The van der Waals surface area contributed by atoms with Gasteiger partial charge in [-0.3, -0.25) is 4.98 Å². The van der Waals surface area contributed by atoms with Gasteiger partial charge in [-0.15, -0.1) is 0 Å². The smallest absolute Gasteiger partial charge is 0.263 e. The lowest BCUT2D eigenvalue weighted by atomic mass is 9.95. The Labute approximate surface area is 259 Å². The highest BCUT2D eigenvalue weighted by Gasteiger charge is 2.47. The Kier molecular flexibility index (Phi) is 8.51. The van der Waals surface area contributed by atoms with Crippen LogP contribution in [0.1, 0.15) is 38.9 Å². The summed E-state index contributed by atoms with van der Waals surface area (Å²) in [6.07, 6.45) is -4.86. The highest BCUT2D eigenvalue weighted by atomic mass is 19.4. The molecule has 1 fully saturated rings. The van der Waals surface area contributed by atoms with Crippen LogP contribution in [-0.2, 0) is 6.18 Å². The van der Waals surface area contributed by atoms with Gasteiger partial charge in [0.05, 0.1) is 39.0 Å². The van der Waals surface area contributed by atoms with Crippen molar-refractivity contribution < 1.29 is 48.3 Å². The molecular weight excluding hydrogens is 667 g/mol. The maximum absolute atomic E-state index is 15.1. The van der Waals surface area contributed by atoms with E-state index in [-0.39, 0.29) is 6.20 Å². The minimum Gasteiger partial charge on any atom is -0.263 e. The molecular formula is C30H2F11N7. The van der Waals surface area contributed by atoms with E-state index in [1.807, 2.05) is 0 Å². The molecule has 0 atom stereocenters. The summed E-state index contributed by atoms with van der Waals surface area (Å²) >= 11 is 0. The van der Waals surface area contributed by atoms with Gasteiger partial charge in [-0.1, -0.05) is 0 Å². The van der Waals surface area contributed by atoms with Crippen LogP contribution < -0.4 is 0 Å². The number of pyridine rings is 1. The number of rotatable bonds is 3. The quantitative estimate of drug-likeness (QED) is 0.164. The fourth-order valence-corrected chi connectivity index (χ4v) is 4.58. The number of alkyl halides is 3. The second-order valence-corrected chi connectivity index (χ2v) is 9.04. The van der Waals surface area contributed by atoms with E-state index in [2.05, 4.69) is 4.98 Å². The van der Waals surface area contributed by atoms with Crippen LogP contribution in [0.2, 0.25) is 0 Å². The molecule has 0 radical (unpaired) electrons. The van der Waals surface area contributed by atoms with Crippen molar-refractivity contribution in [2.75, 3.05) is 0 Å². The van der Waals surface area contributed by atoms with Gasteiger partial charge in [0.1, 0.15) is 47.5 Å². The molecule has 0 N–H and O–H groups in total. The molecule has 0 aliphatic heterocycles. The molecule has 3 aromatic rings. The molecule has 1 heterocycles. The maximum Gasteiger partial charge on any atom is 0.418 e. The lowest BCUT2D eigenvalue weighted by Gasteiger charge is -2.12. The zero-order chi connectivity index (χ0) is 36.0. The SMILES string of the molecule is N#CC(=C1C(=C(/C#N)c2c(F)c(F)c(C#N)c(F)c2F)/C1=C(/C#N)c1c(F)c(F)c(C#N)c(F)c1F)c1c(C#N)cncc1C(F)(F)F. The lowest BCUT2D eigenvalue weighted by Crippen LogP contribution is -2.11. The summed E-state index contributed by atoms with van der Waals surface area (Å²) in [6.45, 7) is 0. The second kappa shape index (κ2) is 12.1. The minimum atomic E-state index is -5.44. The summed E-state index contributed by atoms with van der Waals surface area (Å²) in [5, 5.41) is 57.0. The summed E-state index contributed by atoms with van der Waals surface area (Å²) in [5.41, 5.74) is -20.5. The first-order valence-electron chi connectivity index (χ1n) is 12.0. The largest absolute Gasteiger partial charge is 0.418 e. The van der Waals surface area contributed by atoms with Crippen LogP contribution in [0.15, 0.2) is 29.1 Å². The summed E-state index contributed by atoms with van der Waals surface area (Å²) < 4.78 is 161. The molecule has 48 heavy (non-hydrogen) atoms. The van der Waals surface area contributed by atoms with Crippen molar-refractivity contribution in [1.29, 1.82) is 31.6 Å². The van der Waals surface area contributed by atoms with E-state index in [9.17, 15) is 51.8 Å². The molecule has 1 saturated carbocycles. The highest BCUT2D eigenvalue weighted by molar-refractivity contribution is 6.12. The summed E-state index contributed by atoms with van der Waals surface area (Å²) in [4.78, 5) is 3.21. The predicted molar refractivity (Wildman–Crippen MR) is 134 cm³/mol. The molecule has 0 unspecified atom stereocenters. The molecule has 4 rings (SSSR count). The van der Waals surface area contributed by atoms with Crippen molar-refractivity contribution in [3.63, 3.8) is 0 Å². The maximum atomic E-state index is 15.1. The number of aromatic nitrogens is 1. The third-order valence-electron chi connectivity index (χ3n) is 6.65. The van der Waals surface area contributed by atoms with Gasteiger partial charge in [0.25, 0.3) is 0 Å². The minimum absolute atomic E-state index is 0.0923. The van der Waals surface area contributed by atoms with Crippen molar-refractivity contribution in [1.82, 2.24) is 4.98 Å². The van der Waals surface area contributed by atoms with Crippen molar-refractivity contribution in [2.45, 2.75) is 6.18 Å². The molecule has 2 aromatic carbocycles. The van der Waals surface area contributed by atoms with Crippen molar-refractivity contribution in [3.8, 4) is 36.4 Å². The van der Waals surface area contributed by atoms with E-state index in [1.165, 1.54) is 12.1 Å². The average molecular weight is 669 g/mol. The Hall–Kier alpha value is -7.02. The Balaban J connectivity index is 2.39. The normalized spacial score (nSPS) is 15.2. The standard InChI is InChI=1S/C30H2F11N7/c31-22-13(5-46)23(32)27(36)20(26(22)35)11(3-44)18-17(10(2-43)16-9(1-42)7-48-8-15(16)30(39,40)41)19(18)12(4-45)21-28(37)24(33)14(6-47)25(34)29(21)38/h7-8H/b17-10?,18-11-,19-12+. The highest BCUT2D eigenvalue weighted by Crippen LogP contribution is 2.57. The molecule has 7 nitrogen and oxygen atoms in total. The van der Waals surface area contributed by atoms with Crippen LogP contribution in [0.4, 0.5) is 48.3 Å². The molecule has 0 amide bonds. The molecule has 1 aromatic heterocycles. The second-order valence-electron chi connectivity index (χ2n) is 9.04. The number of nitrogens with zero attached hydrogens (tertiary/aromatic N) is 7. The monoisotopic (exact) mass is 669 g/mol. The van der Waals surface area contributed by atoms with E-state index >= 15 is 17.6 Å². The Morgan fingerprint density at radius 2 is 0.812 bits per heavy atom. The van der Waals surface area contributed by atoms with Gasteiger partial charge in [-0.05, 0) is 0 Å². The van der Waals surface area contributed by atoms with Crippen LogP contribution >= 0.6 is 0 Å². The van der Waals surface area contributed by atoms with E-state index in [4.69, 9.17) is 10.5 Å². The fraction of sp³-hybridized carbons (Fsp3) is 0.0333. The van der Waals surface area contributed by atoms with Crippen LogP contribution in [0, 0.1) is 115 Å². The van der Waals surface area contributed by atoms with Gasteiger partial charge in [0, 0.05) is 34.7 Å². The van der Waals surface area contributed by atoms with E-state index in [0.29, 0.717) is 6.20 Å². The van der Waals surface area contributed by atoms with Gasteiger partial charge in [0.15, 0.2) is 46.5 Å². The van der Waals surface area contributed by atoms with E-state index in [1.54, 1.807) is 0 Å². The third kappa shape index (κ3) is 4.91. The molecule has 0 spiro atoms. The number of allylic oxidation sites excluding steroid dienone is 6. The molecule has 0 saturated heterocycles. The van der Waals surface area contributed by atoms with Gasteiger partial charge < -0.3 is 0 Å². The number of hydrogen-bond donors (Lipinski definition) is 0. The van der Waals surface area contributed by atoms with Gasteiger partial charge in [-0.2, -0.15) is 44.7 Å². The van der Waals surface area contributed by atoms with Crippen molar-refractivity contribution in [3.05, 3.63) is 115 Å². The number of hydrogen-bond acceptors (Lipinski definition) is 7. The predicted octanol–water partition coefficient (Wildman–Crippen LogP) is 7.07. The summed E-state index contributed by atoms with van der Waals surface area (Å²) in [5.74, 6) is -19.5. The van der Waals surface area contributed by atoms with Gasteiger partial charge >= 0.3 is 6.18 Å². The molecule has 234 valence electrons. The van der Waals surface area contributed by atoms with Crippen LogP contribution in [0.25, 0.3) is 16.7 Å². The first-order valence-corrected chi connectivity index (χ1v) is 12.0. The zero-order valence-corrected chi connectivity index (χ0v) is 22.4. The van der Waals surface area contributed by atoms with Gasteiger partial charge in [-0.25, -0.2) is 35.1 Å². The number of halogens is 11. The topological polar surface area (TPSA) is 156 Å². The average Bonchev–Trinajstić information content (AvgIpc) is 3.77. The van der Waals surface area contributed by atoms with Crippen LogP contribution in [-0.4, -0.2) is 4.98 Å². The molecule has 1 aliphatic carbocycles. The number of benzene rings is 2. The first-order chi connectivity index (χ1) is 22.6. The van der Waals surface area contributed by atoms with E-state index in [0.717, 1.165) is 24.3 Å². The first kappa shape index (κ1) is 33.9. The Bertz CT molecular complexity index is 2200. The zero-order valence-electron chi connectivity index (χ0n) is 22.4. The van der Waals surface area contributed by atoms with Crippen LogP contribution in [0.5, 0.6) is 0 Å². The third-order valence-corrected chi connectivity index (χ3v) is 6.65. The van der Waals surface area contributed by atoms with Crippen molar-refractivity contribution >= 4 is 16.7 Å². The van der Waals surface area contributed by atoms with Gasteiger partial charge in [0.2, 0.25) is 0 Å². The molecule has 18 heteroatoms. The van der Waals surface area contributed by atoms with Crippen LogP contribution in [0.3, 0.4) is 0 Å². The lowest BCUT2D eigenvalue weighted by molar-refractivity contribution is -0.138. The Morgan fingerprint density at radius 1 is 0.479 bits per heavy atom.